The Bertz CT molecular complexity index is 302. The lowest BCUT2D eigenvalue weighted by Crippen LogP contribution is -2.37. The molecule has 78 valence electrons. The molecule has 0 atom stereocenters. The third-order valence-corrected chi connectivity index (χ3v) is 2.59. The second kappa shape index (κ2) is 4.49. The zero-order valence-electron chi connectivity index (χ0n) is 8.23. The molecular weight excluding hydrogens is 265 g/mol. The molecule has 0 spiro atoms. The number of alkyl halides is 1. The highest BCUT2D eigenvalue weighted by atomic mass is 79.9. The fourth-order valence-electron chi connectivity index (χ4n) is 1.01. The second-order valence-electron chi connectivity index (χ2n) is 3.73. The van der Waals surface area contributed by atoms with Gasteiger partial charge in [0.15, 0.2) is 0 Å². The van der Waals surface area contributed by atoms with Gasteiger partial charge in [-0.3, -0.25) is 4.79 Å². The van der Waals surface area contributed by atoms with E-state index in [1.54, 1.807) is 0 Å². The third kappa shape index (κ3) is 3.46. The van der Waals surface area contributed by atoms with Crippen molar-refractivity contribution in [2.45, 2.75) is 31.0 Å². The topological polar surface area (TPSA) is 29.1 Å². The number of carbonyl (C=O) groups is 1. The van der Waals surface area contributed by atoms with Gasteiger partial charge in [-0.1, -0.05) is 27.5 Å². The zero-order chi connectivity index (χ0) is 10.8. The van der Waals surface area contributed by atoms with Crippen molar-refractivity contribution in [1.29, 1.82) is 0 Å². The Kier molecular flexibility index (Phi) is 3.78. The summed E-state index contributed by atoms with van der Waals surface area (Å²) in [5, 5.41) is 3.69. The molecule has 0 saturated carbocycles. The molecule has 0 unspecified atom stereocenters. The number of carbonyl (C=O) groups excluding carboxylic acids is 1. The van der Waals surface area contributed by atoms with Gasteiger partial charge >= 0.3 is 0 Å². The first kappa shape index (κ1) is 11.8. The van der Waals surface area contributed by atoms with Crippen LogP contribution in [0.5, 0.6) is 0 Å². The summed E-state index contributed by atoms with van der Waals surface area (Å²) >= 11 is 9.10. The minimum absolute atomic E-state index is 0.0322. The predicted octanol–water partition coefficient (Wildman–Crippen LogP) is 3.08. The van der Waals surface area contributed by atoms with E-state index < -0.39 is 4.32 Å². The normalized spacial score (nSPS) is 17.1. The van der Waals surface area contributed by atoms with Crippen LogP contribution in [-0.2, 0) is 4.79 Å². The first-order valence-corrected chi connectivity index (χ1v) is 5.62. The van der Waals surface area contributed by atoms with Crippen molar-refractivity contribution in [2.75, 3.05) is 0 Å². The van der Waals surface area contributed by atoms with Gasteiger partial charge in [0.2, 0.25) is 5.91 Å². The maximum absolute atomic E-state index is 11.6. The monoisotopic (exact) mass is 277 g/mol. The van der Waals surface area contributed by atoms with Crippen LogP contribution in [0.25, 0.3) is 0 Å². The quantitative estimate of drug-likeness (QED) is 0.773. The van der Waals surface area contributed by atoms with Gasteiger partial charge in [0.1, 0.15) is 0 Å². The van der Waals surface area contributed by atoms with E-state index in [0.717, 1.165) is 23.6 Å². The lowest BCUT2D eigenvalue weighted by Gasteiger charge is -2.19. The van der Waals surface area contributed by atoms with Crippen molar-refractivity contribution in [3.05, 3.63) is 22.9 Å². The summed E-state index contributed by atoms with van der Waals surface area (Å²) < 4.78 is -0.529. The molecule has 0 aromatic carbocycles. The Hall–Kier alpha value is -0.280. The van der Waals surface area contributed by atoms with Gasteiger partial charge in [0.05, 0.1) is 4.32 Å². The lowest BCUT2D eigenvalue weighted by atomic mass is 10.1. The van der Waals surface area contributed by atoms with E-state index in [2.05, 4.69) is 21.2 Å². The maximum atomic E-state index is 11.6. The van der Waals surface area contributed by atoms with Crippen LogP contribution in [0, 0.1) is 0 Å². The summed E-state index contributed by atoms with van der Waals surface area (Å²) in [6, 6.07) is 0. The number of nitrogens with one attached hydrogen (secondary N) is 1. The Morgan fingerprint density at radius 3 is 2.57 bits per heavy atom. The fourth-order valence-corrected chi connectivity index (χ4v) is 1.27. The van der Waals surface area contributed by atoms with Gasteiger partial charge in [-0.15, -0.1) is 0 Å². The number of halogens is 2. The summed E-state index contributed by atoms with van der Waals surface area (Å²) in [5.41, 5.74) is 0.923. The second-order valence-corrected chi connectivity index (χ2v) is 6.20. The Labute approximate surface area is 97.5 Å². The van der Waals surface area contributed by atoms with E-state index in [-0.39, 0.29) is 5.91 Å². The van der Waals surface area contributed by atoms with Gasteiger partial charge < -0.3 is 5.32 Å². The average molecular weight is 279 g/mol. The average Bonchev–Trinajstić information content (AvgIpc) is 2.07. The largest absolute Gasteiger partial charge is 0.329 e. The number of hydrogen-bond donors (Lipinski definition) is 1. The minimum atomic E-state index is -0.529. The van der Waals surface area contributed by atoms with Crippen LogP contribution < -0.4 is 5.32 Å². The summed E-state index contributed by atoms with van der Waals surface area (Å²) in [6.45, 7) is 3.63. The molecule has 1 amide bonds. The molecule has 1 aliphatic rings. The molecule has 1 rings (SSSR count). The van der Waals surface area contributed by atoms with Gasteiger partial charge in [0.25, 0.3) is 0 Å². The molecule has 1 aliphatic carbocycles. The molecule has 0 bridgehead atoms. The smallest absolute Gasteiger partial charge is 0.240 e. The molecule has 0 aromatic rings. The molecule has 1 N–H and O–H groups in total. The fraction of sp³-hybridized carbons (Fsp3) is 0.500. The van der Waals surface area contributed by atoms with Gasteiger partial charge in [-0.2, -0.15) is 0 Å². The highest BCUT2D eigenvalue weighted by Crippen LogP contribution is 2.21. The minimum Gasteiger partial charge on any atom is -0.329 e. The van der Waals surface area contributed by atoms with Crippen LogP contribution in [0.15, 0.2) is 22.9 Å². The zero-order valence-corrected chi connectivity index (χ0v) is 10.6. The van der Waals surface area contributed by atoms with Gasteiger partial charge in [-0.05, 0) is 38.8 Å². The summed E-state index contributed by atoms with van der Waals surface area (Å²) in [6.07, 6.45) is 5.27. The highest BCUT2D eigenvalue weighted by molar-refractivity contribution is 9.10. The molecular formula is C10H13BrClNO. The summed E-state index contributed by atoms with van der Waals surface area (Å²) in [5.74, 6) is -0.0322. The first-order valence-electron chi connectivity index (χ1n) is 4.45. The predicted molar refractivity (Wildman–Crippen MR) is 62.4 cm³/mol. The Morgan fingerprint density at radius 1 is 1.50 bits per heavy atom. The lowest BCUT2D eigenvalue weighted by molar-refractivity contribution is -0.121. The molecule has 14 heavy (non-hydrogen) atoms. The third-order valence-electron chi connectivity index (χ3n) is 1.91. The van der Waals surface area contributed by atoms with E-state index in [4.69, 9.17) is 11.6 Å². The van der Waals surface area contributed by atoms with Crippen molar-refractivity contribution in [1.82, 2.24) is 5.32 Å². The number of allylic oxidation sites excluding steroid dienone is 4. The first-order chi connectivity index (χ1) is 6.39. The molecule has 0 fully saturated rings. The van der Waals surface area contributed by atoms with E-state index in [9.17, 15) is 4.79 Å². The number of hydrogen-bond acceptors (Lipinski definition) is 1. The van der Waals surface area contributed by atoms with Crippen LogP contribution in [0.4, 0.5) is 0 Å². The molecule has 0 aromatic heterocycles. The SMILES string of the molecule is CC(C)(Br)C(=O)NC1=CC=C(Cl)CC1. The molecule has 0 radical (unpaired) electrons. The molecule has 0 heterocycles. The standard InChI is InChI=1S/C10H13BrClNO/c1-10(2,11)9(14)13-8-5-3-7(12)4-6-8/h3,5H,4,6H2,1-2H3,(H,13,14). The molecule has 0 saturated heterocycles. The van der Waals surface area contributed by atoms with Crippen molar-refractivity contribution in [3.8, 4) is 0 Å². The summed E-state index contributed by atoms with van der Waals surface area (Å²) in [7, 11) is 0. The maximum Gasteiger partial charge on any atom is 0.240 e. The number of amides is 1. The van der Waals surface area contributed by atoms with E-state index in [0.29, 0.717) is 0 Å². The van der Waals surface area contributed by atoms with Gasteiger partial charge in [0, 0.05) is 10.7 Å². The summed E-state index contributed by atoms with van der Waals surface area (Å²) in [4.78, 5) is 11.6. The van der Waals surface area contributed by atoms with Crippen LogP contribution in [-0.4, -0.2) is 10.2 Å². The van der Waals surface area contributed by atoms with Crippen LogP contribution in [0.2, 0.25) is 0 Å². The molecule has 4 heteroatoms. The van der Waals surface area contributed by atoms with Crippen molar-refractivity contribution >= 4 is 33.4 Å². The Balaban J connectivity index is 2.59. The van der Waals surface area contributed by atoms with E-state index in [1.807, 2.05) is 26.0 Å². The Morgan fingerprint density at radius 2 is 2.14 bits per heavy atom. The van der Waals surface area contributed by atoms with Crippen molar-refractivity contribution < 1.29 is 4.79 Å². The highest BCUT2D eigenvalue weighted by Gasteiger charge is 2.24. The van der Waals surface area contributed by atoms with Crippen LogP contribution in [0.3, 0.4) is 0 Å². The van der Waals surface area contributed by atoms with Crippen molar-refractivity contribution in [3.63, 3.8) is 0 Å². The van der Waals surface area contributed by atoms with E-state index >= 15 is 0 Å². The number of rotatable bonds is 2. The van der Waals surface area contributed by atoms with E-state index in [1.165, 1.54) is 0 Å². The van der Waals surface area contributed by atoms with Crippen LogP contribution in [0.1, 0.15) is 26.7 Å². The van der Waals surface area contributed by atoms with Gasteiger partial charge in [-0.25, -0.2) is 0 Å². The van der Waals surface area contributed by atoms with Crippen molar-refractivity contribution in [2.24, 2.45) is 0 Å². The molecule has 2 nitrogen and oxygen atoms in total. The van der Waals surface area contributed by atoms with Crippen LogP contribution >= 0.6 is 27.5 Å². The molecule has 0 aliphatic heterocycles.